The van der Waals surface area contributed by atoms with Crippen molar-refractivity contribution in [1.29, 1.82) is 0 Å². The van der Waals surface area contributed by atoms with Crippen LogP contribution in [0, 0.1) is 0 Å². The zero-order valence-corrected chi connectivity index (χ0v) is 8.13. The highest BCUT2D eigenvalue weighted by Gasteiger charge is 2.12. The van der Waals surface area contributed by atoms with Gasteiger partial charge in [0.15, 0.2) is 0 Å². The molecule has 3 nitrogen and oxygen atoms in total. The molecule has 0 bridgehead atoms. The first-order chi connectivity index (χ1) is 5.83. The lowest BCUT2D eigenvalue weighted by Gasteiger charge is -2.32. The molecule has 0 aromatic heterocycles. The molecular formula is C10H25N3. The first-order valence-corrected chi connectivity index (χ1v) is 4.94. The quantitative estimate of drug-likeness (QED) is 0.655. The van der Waals surface area contributed by atoms with Gasteiger partial charge in [-0.15, -0.1) is 0 Å². The van der Waals surface area contributed by atoms with E-state index >= 15 is 0 Å². The van der Waals surface area contributed by atoms with Crippen LogP contribution in [-0.4, -0.2) is 56.1 Å². The molecule has 0 aromatic carbocycles. The van der Waals surface area contributed by atoms with Gasteiger partial charge in [0.25, 0.3) is 0 Å². The van der Waals surface area contributed by atoms with E-state index in [-0.39, 0.29) is 7.43 Å². The molecule has 0 aliphatic carbocycles. The van der Waals surface area contributed by atoms with E-state index in [2.05, 4.69) is 16.8 Å². The van der Waals surface area contributed by atoms with Crippen molar-refractivity contribution < 1.29 is 0 Å². The van der Waals surface area contributed by atoms with Gasteiger partial charge in [-0.3, -0.25) is 0 Å². The fourth-order valence-electron chi connectivity index (χ4n) is 1.55. The largest absolute Gasteiger partial charge is 0.330 e. The van der Waals surface area contributed by atoms with Crippen molar-refractivity contribution in [1.82, 2.24) is 9.80 Å². The summed E-state index contributed by atoms with van der Waals surface area (Å²) in [6, 6.07) is 0. The molecule has 0 amide bonds. The number of piperazine rings is 1. The summed E-state index contributed by atoms with van der Waals surface area (Å²) in [5.74, 6) is 0. The van der Waals surface area contributed by atoms with Crippen LogP contribution in [-0.2, 0) is 0 Å². The Morgan fingerprint density at radius 1 is 1.08 bits per heavy atom. The number of nitrogens with zero attached hydrogens (tertiary/aromatic N) is 2. The minimum Gasteiger partial charge on any atom is -0.330 e. The molecule has 0 radical (unpaired) electrons. The molecule has 1 saturated heterocycles. The van der Waals surface area contributed by atoms with Crippen LogP contribution in [0.4, 0.5) is 0 Å². The topological polar surface area (TPSA) is 32.5 Å². The van der Waals surface area contributed by atoms with Crippen LogP contribution in [0.3, 0.4) is 0 Å². The van der Waals surface area contributed by atoms with Crippen LogP contribution in [0.1, 0.15) is 20.3 Å². The highest BCUT2D eigenvalue weighted by Crippen LogP contribution is 2.00. The van der Waals surface area contributed by atoms with Crippen molar-refractivity contribution in [2.45, 2.75) is 20.3 Å². The van der Waals surface area contributed by atoms with Crippen molar-refractivity contribution in [2.75, 3.05) is 46.3 Å². The summed E-state index contributed by atoms with van der Waals surface area (Å²) in [7, 11) is 2.19. The van der Waals surface area contributed by atoms with Crippen LogP contribution in [0.25, 0.3) is 0 Å². The van der Waals surface area contributed by atoms with E-state index in [1.54, 1.807) is 0 Å². The number of likely N-dealkylation sites (N-methyl/N-ethyl adjacent to an activating group) is 1. The van der Waals surface area contributed by atoms with Crippen LogP contribution in [0.5, 0.6) is 0 Å². The van der Waals surface area contributed by atoms with Crippen LogP contribution in [0.15, 0.2) is 0 Å². The van der Waals surface area contributed by atoms with Crippen molar-refractivity contribution in [2.24, 2.45) is 5.73 Å². The van der Waals surface area contributed by atoms with Gasteiger partial charge < -0.3 is 15.5 Å². The van der Waals surface area contributed by atoms with E-state index in [0.717, 1.165) is 6.54 Å². The third kappa shape index (κ3) is 5.24. The van der Waals surface area contributed by atoms with E-state index in [1.165, 1.54) is 45.6 Å². The molecule has 1 fully saturated rings. The Bertz CT molecular complexity index is 109. The Kier molecular flexibility index (Phi) is 7.23. The second kappa shape index (κ2) is 7.30. The van der Waals surface area contributed by atoms with E-state index < -0.39 is 0 Å². The molecule has 13 heavy (non-hydrogen) atoms. The van der Waals surface area contributed by atoms with Crippen LogP contribution >= 0.6 is 0 Å². The first kappa shape index (κ1) is 12.9. The second-order valence-corrected chi connectivity index (χ2v) is 3.64. The Morgan fingerprint density at radius 3 is 2.23 bits per heavy atom. The van der Waals surface area contributed by atoms with Crippen molar-refractivity contribution in [3.63, 3.8) is 0 Å². The predicted octanol–water partition coefficient (Wildman–Crippen LogP) is 0.609. The van der Waals surface area contributed by atoms with Gasteiger partial charge in [0.2, 0.25) is 0 Å². The summed E-state index contributed by atoms with van der Waals surface area (Å²) >= 11 is 0. The van der Waals surface area contributed by atoms with Gasteiger partial charge in [-0.2, -0.15) is 0 Å². The lowest BCUT2D eigenvalue weighted by Crippen LogP contribution is -2.44. The van der Waals surface area contributed by atoms with Gasteiger partial charge in [-0.05, 0) is 33.0 Å². The number of rotatable bonds is 4. The molecule has 1 aliphatic rings. The van der Waals surface area contributed by atoms with Gasteiger partial charge in [-0.1, -0.05) is 7.43 Å². The van der Waals surface area contributed by atoms with Crippen LogP contribution in [0.2, 0.25) is 0 Å². The maximum atomic E-state index is 5.44. The summed E-state index contributed by atoms with van der Waals surface area (Å²) in [5, 5.41) is 0. The maximum absolute atomic E-state index is 5.44. The minimum atomic E-state index is 0. The molecule has 0 unspecified atom stereocenters. The molecular weight excluding hydrogens is 162 g/mol. The fraction of sp³-hybridized carbons (Fsp3) is 1.00. The maximum Gasteiger partial charge on any atom is 0.0110 e. The van der Waals surface area contributed by atoms with E-state index in [0.29, 0.717) is 0 Å². The molecule has 0 saturated carbocycles. The van der Waals surface area contributed by atoms with E-state index in [4.69, 9.17) is 5.73 Å². The second-order valence-electron chi connectivity index (χ2n) is 3.64. The molecule has 0 atom stereocenters. The first-order valence-electron chi connectivity index (χ1n) is 4.94. The Morgan fingerprint density at radius 2 is 1.69 bits per heavy atom. The molecule has 3 heteroatoms. The van der Waals surface area contributed by atoms with Crippen LogP contribution < -0.4 is 5.73 Å². The lowest BCUT2D eigenvalue weighted by atomic mass is 10.2. The van der Waals surface area contributed by atoms with Gasteiger partial charge >= 0.3 is 0 Å². The van der Waals surface area contributed by atoms with Crippen molar-refractivity contribution in [3.8, 4) is 0 Å². The third-order valence-corrected chi connectivity index (χ3v) is 2.52. The zero-order valence-electron chi connectivity index (χ0n) is 8.13. The summed E-state index contributed by atoms with van der Waals surface area (Å²) in [6.45, 7) is 7.01. The smallest absolute Gasteiger partial charge is 0.0110 e. The zero-order chi connectivity index (χ0) is 8.81. The SMILES string of the molecule is C.CN1CCN(CCCCN)CC1. The lowest BCUT2D eigenvalue weighted by molar-refractivity contribution is 0.152. The third-order valence-electron chi connectivity index (χ3n) is 2.52. The number of hydrogen-bond acceptors (Lipinski definition) is 3. The molecule has 80 valence electrons. The minimum absolute atomic E-state index is 0. The fourth-order valence-corrected chi connectivity index (χ4v) is 1.55. The van der Waals surface area contributed by atoms with Gasteiger partial charge in [0.05, 0.1) is 0 Å². The molecule has 1 heterocycles. The standard InChI is InChI=1S/C9H21N3.CH4/c1-11-6-8-12(9-7-11)5-3-2-4-10;/h2-10H2,1H3;1H4. The molecule has 0 spiro atoms. The predicted molar refractivity (Wildman–Crippen MR) is 59.0 cm³/mol. The van der Waals surface area contributed by atoms with E-state index in [1.807, 2.05) is 0 Å². The van der Waals surface area contributed by atoms with Gasteiger partial charge in [0.1, 0.15) is 0 Å². The van der Waals surface area contributed by atoms with Gasteiger partial charge in [0, 0.05) is 26.2 Å². The average Bonchev–Trinajstić information content (AvgIpc) is 2.09. The summed E-state index contributed by atoms with van der Waals surface area (Å²) in [6.07, 6.45) is 2.44. The highest BCUT2D eigenvalue weighted by molar-refractivity contribution is 4.68. The molecule has 0 aromatic rings. The Labute approximate surface area is 82.9 Å². The molecule has 1 aliphatic heterocycles. The van der Waals surface area contributed by atoms with Crippen molar-refractivity contribution in [3.05, 3.63) is 0 Å². The summed E-state index contributed by atoms with van der Waals surface area (Å²) in [5.41, 5.74) is 5.44. The number of unbranched alkanes of at least 4 members (excludes halogenated alkanes) is 1. The molecule has 1 rings (SSSR count). The van der Waals surface area contributed by atoms with Gasteiger partial charge in [-0.25, -0.2) is 0 Å². The monoisotopic (exact) mass is 187 g/mol. The number of hydrogen-bond donors (Lipinski definition) is 1. The van der Waals surface area contributed by atoms with Crippen molar-refractivity contribution >= 4 is 0 Å². The Balaban J connectivity index is 0.00000144. The number of nitrogens with two attached hydrogens (primary N) is 1. The molecule has 2 N–H and O–H groups in total. The van der Waals surface area contributed by atoms with E-state index in [9.17, 15) is 0 Å². The normalized spacial score (nSPS) is 19.8. The average molecular weight is 187 g/mol. The summed E-state index contributed by atoms with van der Waals surface area (Å²) in [4.78, 5) is 4.93. The Hall–Kier alpha value is -0.120. The summed E-state index contributed by atoms with van der Waals surface area (Å²) < 4.78 is 0. The highest BCUT2D eigenvalue weighted by atomic mass is 15.2.